The molecule has 5 rings (SSSR count). The first-order valence-electron chi connectivity index (χ1n) is 11.5. The summed E-state index contributed by atoms with van der Waals surface area (Å²) >= 11 is 0. The number of ether oxygens (including phenoxy) is 3. The third kappa shape index (κ3) is 5.56. The SMILES string of the molecule is C[N+](Cc1ccccc1)(Cc1ccccc1)[C@@H]1CO[C@H]2[C@@H]1OC[C@H]2OCc1ccccc1.[Br-]. The Morgan fingerprint density at radius 2 is 1.18 bits per heavy atom. The lowest BCUT2D eigenvalue weighted by Gasteiger charge is -2.41. The van der Waals surface area contributed by atoms with Crippen molar-refractivity contribution >= 4 is 0 Å². The van der Waals surface area contributed by atoms with Crippen LogP contribution in [0.1, 0.15) is 16.7 Å². The van der Waals surface area contributed by atoms with Gasteiger partial charge in [-0.25, -0.2) is 0 Å². The van der Waals surface area contributed by atoms with E-state index in [2.05, 4.69) is 79.8 Å². The van der Waals surface area contributed by atoms with Gasteiger partial charge in [0.1, 0.15) is 44.1 Å². The molecule has 0 bridgehead atoms. The number of nitrogens with zero attached hydrogens (tertiary/aromatic N) is 1. The standard InChI is InChI=1S/C28H32NO3.BrH/c1-29(17-22-11-5-2-6-12-22,18-23-13-7-3-8-14-23)25-20-31-28-26(21-32-27(25)28)30-19-24-15-9-4-10-16-24;/h2-16,25-28H,17-21H2,1H3;1H/q+1;/p-1/t25-,26-,27-,28-;/m1./s1. The lowest BCUT2D eigenvalue weighted by molar-refractivity contribution is -0.959. The van der Waals surface area contributed by atoms with Crippen molar-refractivity contribution in [3.8, 4) is 0 Å². The van der Waals surface area contributed by atoms with Crippen LogP contribution in [0.2, 0.25) is 0 Å². The van der Waals surface area contributed by atoms with Crippen LogP contribution in [0.15, 0.2) is 91.0 Å². The smallest absolute Gasteiger partial charge is 0.142 e. The first-order valence-corrected chi connectivity index (χ1v) is 11.5. The lowest BCUT2D eigenvalue weighted by atomic mass is 10.0. The van der Waals surface area contributed by atoms with Crippen LogP contribution in [0.5, 0.6) is 0 Å². The minimum Gasteiger partial charge on any atom is -1.00 e. The molecule has 0 radical (unpaired) electrons. The molecule has 2 fully saturated rings. The lowest BCUT2D eigenvalue weighted by Crippen LogP contribution is -3.00. The monoisotopic (exact) mass is 509 g/mol. The summed E-state index contributed by atoms with van der Waals surface area (Å²) in [5.41, 5.74) is 3.85. The summed E-state index contributed by atoms with van der Waals surface area (Å²) in [6, 6.07) is 32.1. The molecule has 3 aromatic carbocycles. The van der Waals surface area contributed by atoms with Gasteiger partial charge in [0.2, 0.25) is 0 Å². The molecule has 4 nitrogen and oxygen atoms in total. The van der Waals surface area contributed by atoms with E-state index in [0.29, 0.717) is 19.8 Å². The Kier molecular flexibility index (Phi) is 7.99. The Labute approximate surface area is 207 Å². The van der Waals surface area contributed by atoms with Gasteiger partial charge in [-0.2, -0.15) is 0 Å². The topological polar surface area (TPSA) is 27.7 Å². The second-order valence-corrected chi connectivity index (χ2v) is 9.27. The highest BCUT2D eigenvalue weighted by atomic mass is 79.9. The number of fused-ring (bicyclic) bond motifs is 1. The van der Waals surface area contributed by atoms with Crippen LogP contribution in [0.3, 0.4) is 0 Å². The molecule has 4 atom stereocenters. The molecule has 0 N–H and O–H groups in total. The van der Waals surface area contributed by atoms with Crippen molar-refractivity contribution in [2.75, 3.05) is 20.3 Å². The molecule has 33 heavy (non-hydrogen) atoms. The van der Waals surface area contributed by atoms with E-state index in [9.17, 15) is 0 Å². The summed E-state index contributed by atoms with van der Waals surface area (Å²) in [6.07, 6.45) is 0.0213. The highest BCUT2D eigenvalue weighted by Crippen LogP contribution is 2.36. The van der Waals surface area contributed by atoms with Crippen molar-refractivity contribution < 1.29 is 35.7 Å². The average molecular weight is 510 g/mol. The molecule has 2 heterocycles. The van der Waals surface area contributed by atoms with Crippen molar-refractivity contribution in [3.05, 3.63) is 108 Å². The van der Waals surface area contributed by atoms with Gasteiger partial charge in [0.15, 0.2) is 0 Å². The van der Waals surface area contributed by atoms with Gasteiger partial charge in [0.05, 0.1) is 20.3 Å². The van der Waals surface area contributed by atoms with Gasteiger partial charge < -0.3 is 35.7 Å². The third-order valence-electron chi connectivity index (χ3n) is 6.86. The van der Waals surface area contributed by atoms with E-state index in [1.54, 1.807) is 0 Å². The molecule has 3 aromatic rings. The molecule has 2 aliphatic rings. The minimum absolute atomic E-state index is 0. The van der Waals surface area contributed by atoms with Crippen LogP contribution >= 0.6 is 0 Å². The number of hydrogen-bond donors (Lipinski definition) is 0. The molecular formula is C28H32BrNO3. The zero-order chi connectivity index (χ0) is 21.8. The molecule has 0 spiro atoms. The van der Waals surface area contributed by atoms with Crippen molar-refractivity contribution in [1.82, 2.24) is 0 Å². The Hall–Kier alpha value is -2.02. The van der Waals surface area contributed by atoms with E-state index in [-0.39, 0.29) is 41.3 Å². The largest absolute Gasteiger partial charge is 1.00 e. The van der Waals surface area contributed by atoms with Gasteiger partial charge in [-0.05, 0) is 5.56 Å². The molecule has 0 amide bonds. The fraction of sp³-hybridized carbons (Fsp3) is 0.357. The number of hydrogen-bond acceptors (Lipinski definition) is 3. The fourth-order valence-corrected chi connectivity index (χ4v) is 5.19. The molecule has 0 unspecified atom stereocenters. The van der Waals surface area contributed by atoms with Gasteiger partial charge in [0, 0.05) is 11.1 Å². The summed E-state index contributed by atoms with van der Waals surface area (Å²) in [4.78, 5) is 0. The number of benzene rings is 3. The highest BCUT2D eigenvalue weighted by molar-refractivity contribution is 5.16. The second kappa shape index (κ2) is 10.9. The second-order valence-electron chi connectivity index (χ2n) is 9.27. The molecule has 174 valence electrons. The van der Waals surface area contributed by atoms with E-state index in [4.69, 9.17) is 14.2 Å². The van der Waals surface area contributed by atoms with Crippen LogP contribution in [-0.2, 0) is 33.9 Å². The van der Waals surface area contributed by atoms with Gasteiger partial charge in [-0.15, -0.1) is 0 Å². The van der Waals surface area contributed by atoms with E-state index in [0.717, 1.165) is 17.6 Å². The van der Waals surface area contributed by atoms with E-state index >= 15 is 0 Å². The van der Waals surface area contributed by atoms with Crippen LogP contribution in [0.25, 0.3) is 0 Å². The molecule has 0 aromatic heterocycles. The van der Waals surface area contributed by atoms with Crippen molar-refractivity contribution in [1.29, 1.82) is 0 Å². The first-order chi connectivity index (χ1) is 15.7. The highest BCUT2D eigenvalue weighted by Gasteiger charge is 2.55. The average Bonchev–Trinajstić information content (AvgIpc) is 3.42. The molecule has 2 saturated heterocycles. The summed E-state index contributed by atoms with van der Waals surface area (Å²) < 4.78 is 19.8. The Morgan fingerprint density at radius 1 is 0.697 bits per heavy atom. The normalized spacial score (nSPS) is 24.3. The third-order valence-corrected chi connectivity index (χ3v) is 6.86. The minimum atomic E-state index is -0.0212. The van der Waals surface area contributed by atoms with Gasteiger partial charge in [0.25, 0.3) is 0 Å². The van der Waals surface area contributed by atoms with E-state index in [1.165, 1.54) is 16.7 Å². The Balaban J connectivity index is 0.00000259. The summed E-state index contributed by atoms with van der Waals surface area (Å²) in [7, 11) is 2.35. The molecule has 0 saturated carbocycles. The predicted molar refractivity (Wildman–Crippen MR) is 125 cm³/mol. The molecule has 0 aliphatic carbocycles. The van der Waals surface area contributed by atoms with Gasteiger partial charge >= 0.3 is 0 Å². The predicted octanol–water partition coefficient (Wildman–Crippen LogP) is 1.59. The summed E-state index contributed by atoms with van der Waals surface area (Å²) in [5, 5.41) is 0. The molecule has 2 aliphatic heterocycles. The van der Waals surface area contributed by atoms with Gasteiger partial charge in [-0.3, -0.25) is 0 Å². The number of halogens is 1. The number of likely N-dealkylation sites (N-methyl/N-ethyl adjacent to an activating group) is 1. The maximum atomic E-state index is 6.35. The van der Waals surface area contributed by atoms with Crippen molar-refractivity contribution in [2.45, 2.75) is 44.1 Å². The Morgan fingerprint density at radius 3 is 1.73 bits per heavy atom. The fourth-order valence-electron chi connectivity index (χ4n) is 5.19. The molecular weight excluding hydrogens is 478 g/mol. The van der Waals surface area contributed by atoms with Crippen LogP contribution in [-0.4, -0.2) is 49.1 Å². The maximum Gasteiger partial charge on any atom is 0.142 e. The maximum absolute atomic E-state index is 6.35. The van der Waals surface area contributed by atoms with Crippen LogP contribution in [0.4, 0.5) is 0 Å². The zero-order valence-corrected chi connectivity index (χ0v) is 20.6. The summed E-state index contributed by atoms with van der Waals surface area (Å²) in [5.74, 6) is 0. The zero-order valence-electron chi connectivity index (χ0n) is 19.1. The van der Waals surface area contributed by atoms with E-state index in [1.807, 2.05) is 18.2 Å². The van der Waals surface area contributed by atoms with E-state index < -0.39 is 0 Å². The van der Waals surface area contributed by atoms with Crippen LogP contribution in [0, 0.1) is 0 Å². The number of quaternary nitrogens is 1. The molecule has 5 heteroatoms. The number of rotatable bonds is 8. The Bertz CT molecular complexity index is 944. The van der Waals surface area contributed by atoms with Crippen molar-refractivity contribution in [2.24, 2.45) is 0 Å². The van der Waals surface area contributed by atoms with Crippen LogP contribution < -0.4 is 17.0 Å². The van der Waals surface area contributed by atoms with Gasteiger partial charge in [-0.1, -0.05) is 91.0 Å². The first kappa shape index (κ1) is 24.1. The van der Waals surface area contributed by atoms with Crippen molar-refractivity contribution in [3.63, 3.8) is 0 Å². The quantitative estimate of drug-likeness (QED) is 0.431. The summed E-state index contributed by atoms with van der Waals surface area (Å²) in [6.45, 7) is 3.75.